The van der Waals surface area contributed by atoms with Gasteiger partial charge in [-0.3, -0.25) is 0 Å². The van der Waals surface area contributed by atoms with Crippen molar-refractivity contribution in [1.82, 2.24) is 10.2 Å². The average molecular weight is 344 g/mol. The number of aryl methyl sites for hydroxylation is 1. The Kier molecular flexibility index (Phi) is 5.60. The highest BCUT2D eigenvalue weighted by Gasteiger charge is 2.26. The van der Waals surface area contributed by atoms with Crippen LogP contribution in [0.5, 0.6) is 5.75 Å². The SMILES string of the molecule is COc1ccccc1CN(CCO)C(=O)NC1CCCc2occc21. The number of hydrogen-bond acceptors (Lipinski definition) is 4. The summed E-state index contributed by atoms with van der Waals surface area (Å²) in [7, 11) is 1.61. The molecule has 1 aromatic carbocycles. The van der Waals surface area contributed by atoms with E-state index in [4.69, 9.17) is 9.15 Å². The van der Waals surface area contributed by atoms with Crippen LogP contribution in [0.2, 0.25) is 0 Å². The third kappa shape index (κ3) is 3.96. The molecule has 134 valence electrons. The van der Waals surface area contributed by atoms with E-state index in [1.54, 1.807) is 18.3 Å². The largest absolute Gasteiger partial charge is 0.496 e. The first-order chi connectivity index (χ1) is 12.2. The maximum atomic E-state index is 12.8. The first kappa shape index (κ1) is 17.4. The van der Waals surface area contributed by atoms with Crippen molar-refractivity contribution in [1.29, 1.82) is 0 Å². The van der Waals surface area contributed by atoms with Crippen molar-refractivity contribution in [2.45, 2.75) is 31.8 Å². The normalized spacial score (nSPS) is 16.2. The summed E-state index contributed by atoms with van der Waals surface area (Å²) in [6.45, 7) is 0.542. The van der Waals surface area contributed by atoms with E-state index < -0.39 is 0 Å². The molecule has 6 nitrogen and oxygen atoms in total. The first-order valence-corrected chi connectivity index (χ1v) is 8.57. The molecule has 25 heavy (non-hydrogen) atoms. The molecule has 0 fully saturated rings. The number of nitrogens with one attached hydrogen (secondary N) is 1. The van der Waals surface area contributed by atoms with Crippen LogP contribution in [-0.4, -0.2) is 36.3 Å². The Morgan fingerprint density at radius 1 is 1.40 bits per heavy atom. The molecular formula is C19H24N2O4. The second-order valence-corrected chi connectivity index (χ2v) is 6.15. The predicted molar refractivity (Wildman–Crippen MR) is 93.4 cm³/mol. The molecule has 2 N–H and O–H groups in total. The number of rotatable bonds is 6. The predicted octanol–water partition coefficient (Wildman–Crippen LogP) is 2.87. The van der Waals surface area contributed by atoms with Crippen molar-refractivity contribution in [2.75, 3.05) is 20.3 Å². The van der Waals surface area contributed by atoms with Gasteiger partial charge in [0.1, 0.15) is 11.5 Å². The third-order valence-electron chi connectivity index (χ3n) is 4.56. The van der Waals surface area contributed by atoms with E-state index in [1.165, 1.54) is 0 Å². The molecule has 1 aromatic heterocycles. The zero-order valence-electron chi connectivity index (χ0n) is 14.4. The van der Waals surface area contributed by atoms with Crippen molar-refractivity contribution >= 4 is 6.03 Å². The second-order valence-electron chi connectivity index (χ2n) is 6.15. The summed E-state index contributed by atoms with van der Waals surface area (Å²) in [5.74, 6) is 1.68. The number of aliphatic hydroxyl groups excluding tert-OH is 1. The van der Waals surface area contributed by atoms with Gasteiger partial charge >= 0.3 is 6.03 Å². The topological polar surface area (TPSA) is 74.9 Å². The Labute approximate surface area is 147 Å². The van der Waals surface area contributed by atoms with Crippen molar-refractivity contribution in [3.05, 3.63) is 53.5 Å². The fourth-order valence-corrected chi connectivity index (χ4v) is 3.29. The van der Waals surface area contributed by atoms with E-state index in [0.717, 1.165) is 41.9 Å². The fraction of sp³-hybridized carbons (Fsp3) is 0.421. The molecule has 1 aliphatic carbocycles. The van der Waals surface area contributed by atoms with Gasteiger partial charge in [0, 0.05) is 24.1 Å². The number of urea groups is 1. The van der Waals surface area contributed by atoms with Gasteiger partial charge in [0.15, 0.2) is 0 Å². The molecule has 1 aliphatic rings. The number of ether oxygens (including phenoxy) is 1. The summed E-state index contributed by atoms with van der Waals surface area (Å²) in [4.78, 5) is 14.4. The monoisotopic (exact) mass is 344 g/mol. The summed E-state index contributed by atoms with van der Waals surface area (Å²) in [5, 5.41) is 12.4. The summed E-state index contributed by atoms with van der Waals surface area (Å²) in [6.07, 6.45) is 4.46. The van der Waals surface area contributed by atoms with Crippen LogP contribution in [0, 0.1) is 0 Å². The van der Waals surface area contributed by atoms with Crippen LogP contribution in [0.1, 0.15) is 35.8 Å². The smallest absolute Gasteiger partial charge is 0.318 e. The van der Waals surface area contributed by atoms with Crippen LogP contribution in [0.25, 0.3) is 0 Å². The fourth-order valence-electron chi connectivity index (χ4n) is 3.29. The highest BCUT2D eigenvalue weighted by Crippen LogP contribution is 2.30. The highest BCUT2D eigenvalue weighted by atomic mass is 16.5. The lowest BCUT2D eigenvalue weighted by Crippen LogP contribution is -2.43. The van der Waals surface area contributed by atoms with E-state index >= 15 is 0 Å². The van der Waals surface area contributed by atoms with Gasteiger partial charge in [-0.15, -0.1) is 0 Å². The van der Waals surface area contributed by atoms with Gasteiger partial charge in [0.05, 0.1) is 32.6 Å². The van der Waals surface area contributed by atoms with Crippen molar-refractivity contribution in [2.24, 2.45) is 0 Å². The van der Waals surface area contributed by atoms with Gasteiger partial charge in [0.25, 0.3) is 0 Å². The molecule has 0 saturated heterocycles. The molecule has 3 rings (SSSR count). The lowest BCUT2D eigenvalue weighted by molar-refractivity contribution is 0.169. The van der Waals surface area contributed by atoms with E-state index in [-0.39, 0.29) is 25.2 Å². The summed E-state index contributed by atoms with van der Waals surface area (Å²) >= 11 is 0. The Morgan fingerprint density at radius 3 is 3.04 bits per heavy atom. The van der Waals surface area contributed by atoms with Crippen molar-refractivity contribution in [3.8, 4) is 5.75 Å². The number of benzene rings is 1. The minimum atomic E-state index is -0.195. The van der Waals surface area contributed by atoms with E-state index in [2.05, 4.69) is 5.32 Å². The molecule has 2 amide bonds. The second kappa shape index (κ2) is 8.07. The molecule has 1 atom stereocenters. The van der Waals surface area contributed by atoms with Crippen molar-refractivity contribution in [3.63, 3.8) is 0 Å². The van der Waals surface area contributed by atoms with Crippen LogP contribution in [-0.2, 0) is 13.0 Å². The van der Waals surface area contributed by atoms with Crippen LogP contribution in [0.15, 0.2) is 41.0 Å². The summed E-state index contributed by atoms with van der Waals surface area (Å²) < 4.78 is 10.8. The van der Waals surface area contributed by atoms with Gasteiger partial charge in [-0.05, 0) is 25.0 Å². The third-order valence-corrected chi connectivity index (χ3v) is 4.56. The molecule has 0 spiro atoms. The van der Waals surface area contributed by atoms with Crippen LogP contribution < -0.4 is 10.1 Å². The molecule has 2 aromatic rings. The molecule has 0 bridgehead atoms. The van der Waals surface area contributed by atoms with Gasteiger partial charge in [0.2, 0.25) is 0 Å². The molecular weight excluding hydrogens is 320 g/mol. The number of fused-ring (bicyclic) bond motifs is 1. The molecule has 1 unspecified atom stereocenters. The van der Waals surface area contributed by atoms with Gasteiger partial charge < -0.3 is 24.5 Å². The van der Waals surface area contributed by atoms with Crippen molar-refractivity contribution < 1.29 is 19.1 Å². The molecule has 0 radical (unpaired) electrons. The molecule has 1 heterocycles. The average Bonchev–Trinajstić information content (AvgIpc) is 3.11. The number of carbonyl (C=O) groups is 1. The Hall–Kier alpha value is -2.47. The van der Waals surface area contributed by atoms with E-state index in [9.17, 15) is 9.90 Å². The minimum Gasteiger partial charge on any atom is -0.496 e. The Bertz CT molecular complexity index is 713. The zero-order valence-corrected chi connectivity index (χ0v) is 14.4. The van der Waals surface area contributed by atoms with Crippen LogP contribution >= 0.6 is 0 Å². The standard InChI is InChI=1S/C19H24N2O4/c1-24-17-7-3-2-5-14(17)13-21(10-11-22)19(23)20-16-6-4-8-18-15(16)9-12-25-18/h2-3,5,7,9,12,16,22H,4,6,8,10-11,13H2,1H3,(H,20,23). The number of aliphatic hydroxyl groups is 1. The van der Waals surface area contributed by atoms with Gasteiger partial charge in [-0.25, -0.2) is 4.79 Å². The number of hydrogen-bond donors (Lipinski definition) is 2. The van der Waals surface area contributed by atoms with E-state index in [0.29, 0.717) is 6.54 Å². The van der Waals surface area contributed by atoms with Crippen LogP contribution in [0.4, 0.5) is 4.79 Å². The van der Waals surface area contributed by atoms with E-state index in [1.807, 2.05) is 30.3 Å². The maximum absolute atomic E-state index is 12.8. The molecule has 0 saturated carbocycles. The summed E-state index contributed by atoms with van der Waals surface area (Å²) in [6, 6.07) is 9.27. The Morgan fingerprint density at radius 2 is 2.24 bits per heavy atom. The van der Waals surface area contributed by atoms with Gasteiger partial charge in [-0.1, -0.05) is 18.2 Å². The highest BCUT2D eigenvalue weighted by molar-refractivity contribution is 5.75. The lowest BCUT2D eigenvalue weighted by atomic mass is 9.93. The summed E-state index contributed by atoms with van der Waals surface area (Å²) in [5.41, 5.74) is 1.96. The number of carbonyl (C=O) groups excluding carboxylic acids is 1. The number of para-hydroxylation sites is 1. The number of amides is 2. The van der Waals surface area contributed by atoms with Gasteiger partial charge in [-0.2, -0.15) is 0 Å². The maximum Gasteiger partial charge on any atom is 0.318 e. The first-order valence-electron chi connectivity index (χ1n) is 8.57. The molecule has 0 aliphatic heterocycles. The minimum absolute atomic E-state index is 0.0474. The molecule has 6 heteroatoms. The number of nitrogens with zero attached hydrogens (tertiary/aromatic N) is 1. The number of furan rings is 1. The number of methoxy groups -OCH3 is 1. The zero-order chi connectivity index (χ0) is 17.6. The lowest BCUT2D eigenvalue weighted by Gasteiger charge is -2.28. The Balaban J connectivity index is 1.71. The quantitative estimate of drug-likeness (QED) is 0.845. The van der Waals surface area contributed by atoms with Crippen LogP contribution in [0.3, 0.4) is 0 Å².